The maximum Gasteiger partial charge on any atom is 0.0674 e. The van der Waals surface area contributed by atoms with Crippen LogP contribution in [0.5, 0.6) is 0 Å². The van der Waals surface area contributed by atoms with Crippen LogP contribution in [0.3, 0.4) is 0 Å². The van der Waals surface area contributed by atoms with Crippen LogP contribution < -0.4 is 0 Å². The third-order valence-corrected chi connectivity index (χ3v) is 4.18. The number of rotatable bonds is 6. The number of hydrogen-bond donors (Lipinski definition) is 1. The molecule has 0 aliphatic carbocycles. The van der Waals surface area contributed by atoms with Crippen LogP contribution >= 0.6 is 0 Å². The van der Waals surface area contributed by atoms with Gasteiger partial charge in [0.05, 0.1) is 6.10 Å². The molecule has 1 nitrogen and oxygen atoms in total. The van der Waals surface area contributed by atoms with E-state index in [-0.39, 0.29) is 11.5 Å². The highest BCUT2D eigenvalue weighted by Gasteiger charge is 2.39. The van der Waals surface area contributed by atoms with E-state index in [9.17, 15) is 5.11 Å². The summed E-state index contributed by atoms with van der Waals surface area (Å²) in [5.74, 6) is 0. The van der Waals surface area contributed by atoms with E-state index in [1.54, 1.807) is 0 Å². The second kappa shape index (κ2) is 6.71. The summed E-state index contributed by atoms with van der Waals surface area (Å²) in [6, 6.07) is 20.9. The van der Waals surface area contributed by atoms with Crippen LogP contribution in [0.4, 0.5) is 0 Å². The Balaban J connectivity index is 2.63. The Hall–Kier alpha value is -1.60. The summed E-state index contributed by atoms with van der Waals surface area (Å²) in [6.07, 6.45) is 2.38. The van der Waals surface area contributed by atoms with Crippen LogP contribution in [-0.2, 0) is 5.41 Å². The Morgan fingerprint density at radius 1 is 0.850 bits per heavy atom. The number of aliphatic hydroxyl groups is 1. The van der Waals surface area contributed by atoms with E-state index in [4.69, 9.17) is 0 Å². The first-order valence-electron chi connectivity index (χ1n) is 7.54. The minimum atomic E-state index is -0.368. The van der Waals surface area contributed by atoms with Gasteiger partial charge in [0.2, 0.25) is 0 Å². The van der Waals surface area contributed by atoms with E-state index in [0.717, 1.165) is 19.3 Å². The van der Waals surface area contributed by atoms with Crippen molar-refractivity contribution in [2.45, 2.75) is 44.6 Å². The molecule has 0 fully saturated rings. The van der Waals surface area contributed by atoms with Gasteiger partial charge in [0, 0.05) is 5.41 Å². The van der Waals surface area contributed by atoms with Gasteiger partial charge in [-0.2, -0.15) is 0 Å². The lowest BCUT2D eigenvalue weighted by molar-refractivity contribution is 0.0918. The topological polar surface area (TPSA) is 20.2 Å². The van der Waals surface area contributed by atoms with Crippen molar-refractivity contribution in [2.24, 2.45) is 0 Å². The van der Waals surface area contributed by atoms with Crippen LogP contribution in [-0.4, -0.2) is 11.2 Å². The predicted octanol–water partition coefficient (Wildman–Crippen LogP) is 4.54. The maximum atomic E-state index is 10.8. The summed E-state index contributed by atoms with van der Waals surface area (Å²) < 4.78 is 0. The van der Waals surface area contributed by atoms with Crippen molar-refractivity contribution in [1.29, 1.82) is 0 Å². The van der Waals surface area contributed by atoms with Crippen LogP contribution in [0.2, 0.25) is 0 Å². The zero-order chi connectivity index (χ0) is 14.4. The first kappa shape index (κ1) is 14.8. The van der Waals surface area contributed by atoms with Crippen LogP contribution in [0.15, 0.2) is 60.7 Å². The van der Waals surface area contributed by atoms with Gasteiger partial charge in [-0.15, -0.1) is 0 Å². The summed E-state index contributed by atoms with van der Waals surface area (Å²) in [5.41, 5.74) is 2.12. The van der Waals surface area contributed by atoms with Crippen molar-refractivity contribution in [2.75, 3.05) is 0 Å². The van der Waals surface area contributed by atoms with E-state index in [0.29, 0.717) is 0 Å². The Bertz CT molecular complexity index is 464. The molecule has 1 heteroatoms. The molecule has 0 heterocycles. The molecule has 2 aromatic carbocycles. The lowest BCUT2D eigenvalue weighted by atomic mass is 9.67. The van der Waals surface area contributed by atoms with Crippen molar-refractivity contribution in [3.63, 3.8) is 0 Å². The molecule has 20 heavy (non-hydrogen) atoms. The molecule has 0 aliphatic heterocycles. The fraction of sp³-hybridized carbons (Fsp3) is 0.368. The molecule has 0 saturated heterocycles. The summed E-state index contributed by atoms with van der Waals surface area (Å²) in [7, 11) is 0. The molecule has 0 spiro atoms. The van der Waals surface area contributed by atoms with Gasteiger partial charge in [0.25, 0.3) is 0 Å². The minimum Gasteiger partial charge on any atom is -0.392 e. The SMILES string of the molecule is CCCC(c1ccccc1)(c1ccccc1)C(O)CC. The molecule has 1 atom stereocenters. The molecule has 0 aliphatic rings. The van der Waals surface area contributed by atoms with Crippen LogP contribution in [0.25, 0.3) is 0 Å². The van der Waals surface area contributed by atoms with Gasteiger partial charge in [-0.3, -0.25) is 0 Å². The van der Waals surface area contributed by atoms with Gasteiger partial charge in [-0.25, -0.2) is 0 Å². The molecule has 0 amide bonds. The average molecular weight is 268 g/mol. The Morgan fingerprint density at radius 3 is 1.65 bits per heavy atom. The average Bonchev–Trinajstić information content (AvgIpc) is 2.53. The van der Waals surface area contributed by atoms with E-state index < -0.39 is 0 Å². The number of aliphatic hydroxyl groups excluding tert-OH is 1. The molecular formula is C19H24O. The van der Waals surface area contributed by atoms with E-state index >= 15 is 0 Å². The fourth-order valence-corrected chi connectivity index (χ4v) is 3.22. The smallest absolute Gasteiger partial charge is 0.0674 e. The van der Waals surface area contributed by atoms with E-state index in [1.165, 1.54) is 11.1 Å². The number of benzene rings is 2. The van der Waals surface area contributed by atoms with Crippen LogP contribution in [0.1, 0.15) is 44.2 Å². The van der Waals surface area contributed by atoms with E-state index in [2.05, 4.69) is 62.4 Å². The Morgan fingerprint density at radius 2 is 1.30 bits per heavy atom. The van der Waals surface area contributed by atoms with Gasteiger partial charge >= 0.3 is 0 Å². The standard InChI is InChI=1S/C19H24O/c1-3-15-19(18(20)4-2,16-11-7-5-8-12-16)17-13-9-6-10-14-17/h5-14,18,20H,3-4,15H2,1-2H3. The fourth-order valence-electron chi connectivity index (χ4n) is 3.22. The highest BCUT2D eigenvalue weighted by atomic mass is 16.3. The zero-order valence-electron chi connectivity index (χ0n) is 12.4. The third-order valence-electron chi connectivity index (χ3n) is 4.18. The number of hydrogen-bond acceptors (Lipinski definition) is 1. The molecule has 0 radical (unpaired) electrons. The van der Waals surface area contributed by atoms with Crippen molar-refractivity contribution in [3.05, 3.63) is 71.8 Å². The van der Waals surface area contributed by atoms with Gasteiger partial charge in [-0.05, 0) is 24.0 Å². The van der Waals surface area contributed by atoms with E-state index in [1.807, 2.05) is 12.1 Å². The Labute approximate surface area is 122 Å². The molecule has 2 rings (SSSR count). The van der Waals surface area contributed by atoms with Crippen molar-refractivity contribution in [1.82, 2.24) is 0 Å². The highest BCUT2D eigenvalue weighted by Crippen LogP contribution is 2.41. The summed E-state index contributed by atoms with van der Waals surface area (Å²) >= 11 is 0. The minimum absolute atomic E-state index is 0.300. The van der Waals surface area contributed by atoms with Gasteiger partial charge in [-0.1, -0.05) is 80.9 Å². The largest absolute Gasteiger partial charge is 0.392 e. The van der Waals surface area contributed by atoms with Crippen molar-refractivity contribution in [3.8, 4) is 0 Å². The summed E-state index contributed by atoms with van der Waals surface area (Å²) in [4.78, 5) is 0. The maximum absolute atomic E-state index is 10.8. The quantitative estimate of drug-likeness (QED) is 0.815. The predicted molar refractivity (Wildman–Crippen MR) is 84.9 cm³/mol. The second-order valence-corrected chi connectivity index (χ2v) is 5.38. The molecule has 0 saturated carbocycles. The highest BCUT2D eigenvalue weighted by molar-refractivity contribution is 5.41. The normalized spacial score (nSPS) is 13.2. The second-order valence-electron chi connectivity index (χ2n) is 5.38. The van der Waals surface area contributed by atoms with Gasteiger partial charge in [0.1, 0.15) is 0 Å². The van der Waals surface area contributed by atoms with Crippen molar-refractivity contribution >= 4 is 0 Å². The zero-order valence-corrected chi connectivity index (χ0v) is 12.4. The van der Waals surface area contributed by atoms with Crippen LogP contribution in [0, 0.1) is 0 Å². The lowest BCUT2D eigenvalue weighted by Gasteiger charge is -2.39. The first-order chi connectivity index (χ1) is 9.75. The monoisotopic (exact) mass is 268 g/mol. The molecule has 0 aromatic heterocycles. The molecule has 1 N–H and O–H groups in total. The lowest BCUT2D eigenvalue weighted by Crippen LogP contribution is -2.40. The molecule has 1 unspecified atom stereocenters. The molecule has 0 bridgehead atoms. The first-order valence-corrected chi connectivity index (χ1v) is 7.54. The van der Waals surface area contributed by atoms with Crippen molar-refractivity contribution < 1.29 is 5.11 Å². The van der Waals surface area contributed by atoms with Gasteiger partial charge < -0.3 is 5.11 Å². The van der Waals surface area contributed by atoms with Gasteiger partial charge in [0.15, 0.2) is 0 Å². The third kappa shape index (κ3) is 2.64. The summed E-state index contributed by atoms with van der Waals surface area (Å²) in [6.45, 7) is 4.24. The Kier molecular flexibility index (Phi) is 4.97. The molecule has 2 aromatic rings. The molecular weight excluding hydrogens is 244 g/mol. The molecule has 106 valence electrons. The summed E-state index contributed by atoms with van der Waals surface area (Å²) in [5, 5.41) is 10.8.